The zero-order valence-electron chi connectivity index (χ0n) is 12.4. The summed E-state index contributed by atoms with van der Waals surface area (Å²) >= 11 is 0. The van der Waals surface area contributed by atoms with E-state index in [1.165, 1.54) is 0 Å². The summed E-state index contributed by atoms with van der Waals surface area (Å²) in [5, 5.41) is 5.94. The van der Waals surface area contributed by atoms with Crippen LogP contribution in [-0.4, -0.2) is 31.3 Å². The van der Waals surface area contributed by atoms with Crippen molar-refractivity contribution in [1.29, 1.82) is 0 Å². The molecule has 0 aromatic carbocycles. The molecule has 1 fully saturated rings. The Labute approximate surface area is 117 Å². The molecular weight excluding hydrogens is 240 g/mol. The largest absolute Gasteiger partial charge is 0.378 e. The summed E-state index contributed by atoms with van der Waals surface area (Å²) in [5.74, 6) is 0.937. The number of hydrogen-bond acceptors (Lipinski definition) is 2. The minimum atomic E-state index is -0.0805. The summed E-state index contributed by atoms with van der Waals surface area (Å²) in [6.07, 6.45) is 4.88. The van der Waals surface area contributed by atoms with Gasteiger partial charge in [0, 0.05) is 25.1 Å². The lowest BCUT2D eigenvalue weighted by Gasteiger charge is -2.23. The summed E-state index contributed by atoms with van der Waals surface area (Å²) < 4.78 is 5.72. The molecule has 4 heteroatoms. The van der Waals surface area contributed by atoms with Crippen molar-refractivity contribution in [2.75, 3.05) is 13.2 Å². The van der Waals surface area contributed by atoms with Gasteiger partial charge < -0.3 is 15.4 Å². The Bertz CT molecular complexity index is 292. The average molecular weight is 268 g/mol. The number of amides is 2. The van der Waals surface area contributed by atoms with Crippen LogP contribution in [0.1, 0.15) is 40.0 Å². The van der Waals surface area contributed by atoms with Crippen molar-refractivity contribution >= 4 is 6.03 Å². The van der Waals surface area contributed by atoms with E-state index >= 15 is 0 Å². The third-order valence-corrected chi connectivity index (χ3v) is 3.72. The van der Waals surface area contributed by atoms with Gasteiger partial charge in [-0.3, -0.25) is 0 Å². The van der Waals surface area contributed by atoms with Crippen molar-refractivity contribution in [2.24, 2.45) is 11.8 Å². The van der Waals surface area contributed by atoms with Gasteiger partial charge in [0.2, 0.25) is 0 Å². The molecule has 19 heavy (non-hydrogen) atoms. The van der Waals surface area contributed by atoms with E-state index in [4.69, 9.17) is 4.74 Å². The van der Waals surface area contributed by atoms with E-state index in [0.29, 0.717) is 18.4 Å². The van der Waals surface area contributed by atoms with Gasteiger partial charge in [0.25, 0.3) is 0 Å². The highest BCUT2D eigenvalue weighted by molar-refractivity contribution is 5.74. The van der Waals surface area contributed by atoms with Gasteiger partial charge in [-0.15, -0.1) is 6.58 Å². The van der Waals surface area contributed by atoms with E-state index in [-0.39, 0.29) is 18.2 Å². The zero-order chi connectivity index (χ0) is 14.3. The standard InChI is InChI=1S/C15H28N2O2/c1-5-7-13(6-2)17-15(18)16-10-12-8-9-19-14(12)11(3)4/h5,11-14H,1,6-10H2,2-4H3,(H2,16,17,18). The topological polar surface area (TPSA) is 50.4 Å². The van der Waals surface area contributed by atoms with Crippen LogP contribution in [0.15, 0.2) is 12.7 Å². The molecule has 1 aliphatic rings. The fourth-order valence-electron chi connectivity index (χ4n) is 2.60. The van der Waals surface area contributed by atoms with Crippen molar-refractivity contribution in [3.8, 4) is 0 Å². The van der Waals surface area contributed by atoms with Crippen molar-refractivity contribution in [3.05, 3.63) is 12.7 Å². The van der Waals surface area contributed by atoms with Crippen LogP contribution in [0.25, 0.3) is 0 Å². The van der Waals surface area contributed by atoms with Gasteiger partial charge in [0.1, 0.15) is 0 Å². The van der Waals surface area contributed by atoms with E-state index < -0.39 is 0 Å². The van der Waals surface area contributed by atoms with Crippen LogP contribution >= 0.6 is 0 Å². The Balaban J connectivity index is 2.31. The molecule has 0 bridgehead atoms. The molecule has 0 saturated carbocycles. The van der Waals surface area contributed by atoms with E-state index in [9.17, 15) is 4.79 Å². The first-order chi connectivity index (χ1) is 9.08. The number of rotatable bonds is 7. The second-order valence-corrected chi connectivity index (χ2v) is 5.61. The quantitative estimate of drug-likeness (QED) is 0.697. The van der Waals surface area contributed by atoms with Crippen LogP contribution in [0.3, 0.4) is 0 Å². The van der Waals surface area contributed by atoms with Crippen molar-refractivity contribution in [1.82, 2.24) is 10.6 Å². The molecule has 1 rings (SSSR count). The van der Waals surface area contributed by atoms with Crippen molar-refractivity contribution in [2.45, 2.75) is 52.2 Å². The van der Waals surface area contributed by atoms with Gasteiger partial charge >= 0.3 is 6.03 Å². The van der Waals surface area contributed by atoms with Gasteiger partial charge in [0.05, 0.1) is 6.10 Å². The highest BCUT2D eigenvalue weighted by Crippen LogP contribution is 2.25. The van der Waals surface area contributed by atoms with Crippen LogP contribution in [0, 0.1) is 11.8 Å². The van der Waals surface area contributed by atoms with Crippen LogP contribution in [0.4, 0.5) is 4.79 Å². The molecule has 1 aliphatic heterocycles. The summed E-state index contributed by atoms with van der Waals surface area (Å²) in [7, 11) is 0. The number of urea groups is 1. The molecule has 2 amide bonds. The van der Waals surface area contributed by atoms with Gasteiger partial charge in [-0.2, -0.15) is 0 Å². The number of carbonyl (C=O) groups is 1. The molecule has 0 spiro atoms. The van der Waals surface area contributed by atoms with E-state index in [2.05, 4.69) is 38.0 Å². The summed E-state index contributed by atoms with van der Waals surface area (Å²) in [6.45, 7) is 11.6. The molecule has 110 valence electrons. The molecule has 4 nitrogen and oxygen atoms in total. The first kappa shape index (κ1) is 16.0. The number of carbonyl (C=O) groups excluding carboxylic acids is 1. The number of nitrogens with one attached hydrogen (secondary N) is 2. The molecule has 0 aromatic rings. The van der Waals surface area contributed by atoms with Crippen molar-refractivity contribution in [3.63, 3.8) is 0 Å². The fraction of sp³-hybridized carbons (Fsp3) is 0.800. The Morgan fingerprint density at radius 2 is 2.26 bits per heavy atom. The summed E-state index contributed by atoms with van der Waals surface area (Å²) in [6, 6.07) is 0.0985. The molecule has 0 radical (unpaired) electrons. The summed E-state index contributed by atoms with van der Waals surface area (Å²) in [5.41, 5.74) is 0. The minimum absolute atomic E-state index is 0.0805. The van der Waals surface area contributed by atoms with Crippen LogP contribution < -0.4 is 10.6 Å². The number of hydrogen-bond donors (Lipinski definition) is 2. The maximum atomic E-state index is 11.8. The maximum Gasteiger partial charge on any atom is 0.315 e. The summed E-state index contributed by atoms with van der Waals surface area (Å²) in [4.78, 5) is 11.8. The third-order valence-electron chi connectivity index (χ3n) is 3.72. The second kappa shape index (κ2) is 8.20. The first-order valence-electron chi connectivity index (χ1n) is 7.35. The van der Waals surface area contributed by atoms with E-state index in [0.717, 1.165) is 25.9 Å². The lowest BCUT2D eigenvalue weighted by Crippen LogP contribution is -2.44. The fourth-order valence-corrected chi connectivity index (χ4v) is 2.60. The SMILES string of the molecule is C=CCC(CC)NC(=O)NCC1CCOC1C(C)C. The highest BCUT2D eigenvalue weighted by Gasteiger charge is 2.30. The lowest BCUT2D eigenvalue weighted by atomic mass is 9.93. The average Bonchev–Trinajstić information content (AvgIpc) is 2.84. The molecule has 2 N–H and O–H groups in total. The normalized spacial score (nSPS) is 24.2. The monoisotopic (exact) mass is 268 g/mol. The minimum Gasteiger partial charge on any atom is -0.378 e. The van der Waals surface area contributed by atoms with Gasteiger partial charge in [-0.25, -0.2) is 4.79 Å². The van der Waals surface area contributed by atoms with Gasteiger partial charge in [0.15, 0.2) is 0 Å². The first-order valence-corrected chi connectivity index (χ1v) is 7.35. The Kier molecular flexibility index (Phi) is 6.92. The second-order valence-electron chi connectivity index (χ2n) is 5.61. The highest BCUT2D eigenvalue weighted by atomic mass is 16.5. The molecule has 1 saturated heterocycles. The molecule has 3 atom stereocenters. The molecule has 0 aromatic heterocycles. The van der Waals surface area contributed by atoms with E-state index in [1.54, 1.807) is 0 Å². The van der Waals surface area contributed by atoms with Gasteiger partial charge in [-0.1, -0.05) is 26.8 Å². The van der Waals surface area contributed by atoms with Crippen LogP contribution in [0.5, 0.6) is 0 Å². The lowest BCUT2D eigenvalue weighted by molar-refractivity contribution is 0.0545. The molecule has 1 heterocycles. The molecule has 3 unspecified atom stereocenters. The Morgan fingerprint density at radius 1 is 1.53 bits per heavy atom. The van der Waals surface area contributed by atoms with Gasteiger partial charge in [-0.05, 0) is 25.2 Å². The van der Waals surface area contributed by atoms with Crippen molar-refractivity contribution < 1.29 is 9.53 Å². The van der Waals surface area contributed by atoms with Crippen LogP contribution in [-0.2, 0) is 4.74 Å². The number of ether oxygens (including phenoxy) is 1. The van der Waals surface area contributed by atoms with E-state index in [1.807, 2.05) is 6.08 Å². The zero-order valence-corrected chi connectivity index (χ0v) is 12.4. The Hall–Kier alpha value is -1.03. The Morgan fingerprint density at radius 3 is 2.84 bits per heavy atom. The predicted molar refractivity (Wildman–Crippen MR) is 78.1 cm³/mol. The van der Waals surface area contributed by atoms with Crippen LogP contribution in [0.2, 0.25) is 0 Å². The molecular formula is C15H28N2O2. The maximum absolute atomic E-state index is 11.8. The molecule has 0 aliphatic carbocycles. The smallest absolute Gasteiger partial charge is 0.315 e. The predicted octanol–water partition coefficient (Wildman–Crippen LogP) is 2.70. The third kappa shape index (κ3) is 5.23.